The fourth-order valence-corrected chi connectivity index (χ4v) is 1.97. The number of para-hydroxylation sites is 1. The summed E-state index contributed by atoms with van der Waals surface area (Å²) in [6.07, 6.45) is 2.39. The Morgan fingerprint density at radius 2 is 1.77 bits per heavy atom. The van der Waals surface area contributed by atoms with Crippen molar-refractivity contribution in [2.24, 2.45) is 0 Å². The summed E-state index contributed by atoms with van der Waals surface area (Å²) >= 11 is 0. The van der Waals surface area contributed by atoms with Crippen LogP contribution in [0.25, 0.3) is 0 Å². The number of carboxylic acid groups (broad SMARTS) is 1. The number of aliphatic carboxylic acids is 1. The highest BCUT2D eigenvalue weighted by atomic mass is 16.4. The van der Waals surface area contributed by atoms with Crippen LogP contribution in [0.1, 0.15) is 10.4 Å². The lowest BCUT2D eigenvalue weighted by Crippen LogP contribution is -2.31. The predicted molar refractivity (Wildman–Crippen MR) is 83.0 cm³/mol. The van der Waals surface area contributed by atoms with E-state index in [1.807, 2.05) is 6.07 Å². The Morgan fingerprint density at radius 3 is 2.41 bits per heavy atom. The monoisotopic (exact) mass is 297 g/mol. The van der Waals surface area contributed by atoms with E-state index in [0.717, 1.165) is 6.08 Å². The normalized spacial score (nSPS) is 10.5. The van der Waals surface area contributed by atoms with Gasteiger partial charge in [-0.2, -0.15) is 0 Å². The highest BCUT2D eigenvalue weighted by molar-refractivity contribution is 6.06. The van der Waals surface area contributed by atoms with Crippen molar-refractivity contribution >= 4 is 17.6 Å². The minimum Gasteiger partial charge on any atom is -0.508 e. The van der Waals surface area contributed by atoms with E-state index in [9.17, 15) is 14.7 Å². The van der Waals surface area contributed by atoms with Gasteiger partial charge in [0.2, 0.25) is 0 Å². The Morgan fingerprint density at radius 1 is 1.05 bits per heavy atom. The zero-order valence-electron chi connectivity index (χ0n) is 11.7. The van der Waals surface area contributed by atoms with Gasteiger partial charge in [0.1, 0.15) is 5.75 Å². The summed E-state index contributed by atoms with van der Waals surface area (Å²) in [5.41, 5.74) is 0.971. The molecular weight excluding hydrogens is 282 g/mol. The van der Waals surface area contributed by atoms with Crippen molar-refractivity contribution in [3.63, 3.8) is 0 Å². The van der Waals surface area contributed by atoms with Gasteiger partial charge in [-0.05, 0) is 30.3 Å². The van der Waals surface area contributed by atoms with Gasteiger partial charge in [-0.3, -0.25) is 4.79 Å². The van der Waals surface area contributed by atoms with Gasteiger partial charge in [0.25, 0.3) is 5.91 Å². The molecule has 0 fully saturated rings. The number of hydrogen-bond acceptors (Lipinski definition) is 3. The first-order valence-electron chi connectivity index (χ1n) is 6.63. The summed E-state index contributed by atoms with van der Waals surface area (Å²) in [7, 11) is 0. The van der Waals surface area contributed by atoms with Crippen molar-refractivity contribution in [3.8, 4) is 5.75 Å². The molecule has 0 aliphatic rings. The highest BCUT2D eigenvalue weighted by Gasteiger charge is 2.16. The van der Waals surface area contributed by atoms with E-state index < -0.39 is 5.97 Å². The van der Waals surface area contributed by atoms with Gasteiger partial charge in [-0.15, -0.1) is 0 Å². The molecule has 0 spiro atoms. The average molecular weight is 297 g/mol. The second-order valence-corrected chi connectivity index (χ2v) is 4.54. The van der Waals surface area contributed by atoms with Crippen LogP contribution in [0.2, 0.25) is 0 Å². The molecule has 22 heavy (non-hydrogen) atoms. The average Bonchev–Trinajstić information content (AvgIpc) is 2.51. The number of aromatic hydroxyl groups is 1. The number of amides is 1. The van der Waals surface area contributed by atoms with E-state index in [-0.39, 0.29) is 18.2 Å². The molecule has 0 saturated heterocycles. The third-order valence-electron chi connectivity index (χ3n) is 2.95. The maximum atomic E-state index is 12.6. The van der Waals surface area contributed by atoms with E-state index in [2.05, 4.69) is 0 Å². The number of anilines is 1. The number of hydrogen-bond donors (Lipinski definition) is 2. The molecule has 0 saturated carbocycles. The first-order chi connectivity index (χ1) is 10.6. The van der Waals surface area contributed by atoms with E-state index in [0.29, 0.717) is 11.3 Å². The lowest BCUT2D eigenvalue weighted by atomic mass is 10.1. The third-order valence-corrected chi connectivity index (χ3v) is 2.95. The fourth-order valence-electron chi connectivity index (χ4n) is 1.97. The van der Waals surface area contributed by atoms with E-state index in [1.54, 1.807) is 36.4 Å². The minimum atomic E-state index is -1.07. The number of phenolic OH excluding ortho intramolecular Hbond substituents is 1. The SMILES string of the molecule is O=C(O)C=CCN(C(=O)c1cccc(O)c1)c1ccccc1. The van der Waals surface area contributed by atoms with E-state index in [4.69, 9.17) is 5.11 Å². The van der Waals surface area contributed by atoms with Crippen LogP contribution in [0.4, 0.5) is 5.69 Å². The summed E-state index contributed by atoms with van der Waals surface area (Å²) in [5.74, 6) is -1.39. The summed E-state index contributed by atoms with van der Waals surface area (Å²) in [5, 5.41) is 18.2. The predicted octanol–water partition coefficient (Wildman–Crippen LogP) is 2.68. The van der Waals surface area contributed by atoms with Gasteiger partial charge in [0.05, 0.1) is 0 Å². The van der Waals surface area contributed by atoms with Crippen molar-refractivity contribution in [1.82, 2.24) is 0 Å². The second kappa shape index (κ2) is 7.08. The molecule has 1 amide bonds. The van der Waals surface area contributed by atoms with E-state index in [1.165, 1.54) is 23.1 Å². The zero-order chi connectivity index (χ0) is 15.9. The van der Waals surface area contributed by atoms with Crippen molar-refractivity contribution in [2.75, 3.05) is 11.4 Å². The van der Waals surface area contributed by atoms with Crippen molar-refractivity contribution < 1.29 is 19.8 Å². The number of nitrogens with zero attached hydrogens (tertiary/aromatic N) is 1. The van der Waals surface area contributed by atoms with Gasteiger partial charge in [0, 0.05) is 23.9 Å². The Bertz CT molecular complexity index is 695. The molecule has 2 aromatic rings. The number of carbonyl (C=O) groups excluding carboxylic acids is 1. The summed E-state index contributed by atoms with van der Waals surface area (Å²) in [4.78, 5) is 24.6. The zero-order valence-corrected chi connectivity index (χ0v) is 11.7. The van der Waals surface area contributed by atoms with Crippen LogP contribution in [0, 0.1) is 0 Å². The second-order valence-electron chi connectivity index (χ2n) is 4.54. The molecule has 0 aliphatic carbocycles. The first kappa shape index (κ1) is 15.3. The molecule has 5 nitrogen and oxygen atoms in total. The minimum absolute atomic E-state index is 0.0000558. The molecule has 5 heteroatoms. The van der Waals surface area contributed by atoms with Gasteiger partial charge in [-0.25, -0.2) is 4.79 Å². The van der Waals surface area contributed by atoms with Crippen molar-refractivity contribution in [3.05, 3.63) is 72.3 Å². The van der Waals surface area contributed by atoms with Crippen LogP contribution in [-0.4, -0.2) is 28.6 Å². The van der Waals surface area contributed by atoms with Crippen LogP contribution in [0.3, 0.4) is 0 Å². The number of phenols is 1. The van der Waals surface area contributed by atoms with Crippen LogP contribution in [-0.2, 0) is 4.79 Å². The van der Waals surface area contributed by atoms with Crippen molar-refractivity contribution in [2.45, 2.75) is 0 Å². The van der Waals surface area contributed by atoms with Gasteiger partial charge < -0.3 is 15.1 Å². The maximum absolute atomic E-state index is 12.6. The number of carboxylic acids is 1. The molecule has 112 valence electrons. The standard InChI is InChI=1S/C17H15NO4/c19-15-9-4-6-13(12-15)17(22)18(11-5-10-16(20)21)14-7-2-1-3-8-14/h1-10,12,19H,11H2,(H,20,21). The summed E-state index contributed by atoms with van der Waals surface area (Å²) in [6, 6.07) is 15.0. The Labute approximate surface area is 127 Å². The molecular formula is C17H15NO4. The van der Waals surface area contributed by atoms with Gasteiger partial charge in [0.15, 0.2) is 0 Å². The molecule has 0 bridgehead atoms. The Hall–Kier alpha value is -3.08. The van der Waals surface area contributed by atoms with Crippen LogP contribution < -0.4 is 4.90 Å². The molecule has 2 rings (SSSR count). The molecule has 0 radical (unpaired) electrons. The van der Waals surface area contributed by atoms with Crippen LogP contribution >= 0.6 is 0 Å². The van der Waals surface area contributed by atoms with Crippen molar-refractivity contribution in [1.29, 1.82) is 0 Å². The quantitative estimate of drug-likeness (QED) is 0.832. The van der Waals surface area contributed by atoms with E-state index >= 15 is 0 Å². The molecule has 0 atom stereocenters. The van der Waals surface area contributed by atoms with Crippen LogP contribution in [0.15, 0.2) is 66.7 Å². The topological polar surface area (TPSA) is 77.8 Å². The molecule has 0 unspecified atom stereocenters. The number of carbonyl (C=O) groups is 2. The molecule has 2 N–H and O–H groups in total. The Balaban J connectivity index is 2.31. The van der Waals surface area contributed by atoms with Gasteiger partial charge >= 0.3 is 5.97 Å². The van der Waals surface area contributed by atoms with Crippen LogP contribution in [0.5, 0.6) is 5.75 Å². The summed E-state index contributed by atoms with van der Waals surface area (Å²) < 4.78 is 0. The third kappa shape index (κ3) is 3.96. The lowest BCUT2D eigenvalue weighted by Gasteiger charge is -2.21. The largest absolute Gasteiger partial charge is 0.508 e. The highest BCUT2D eigenvalue weighted by Crippen LogP contribution is 2.19. The lowest BCUT2D eigenvalue weighted by molar-refractivity contribution is -0.131. The summed E-state index contributed by atoms with van der Waals surface area (Å²) in [6.45, 7) is 0.116. The fraction of sp³-hybridized carbons (Fsp3) is 0.0588. The number of benzene rings is 2. The molecule has 0 aromatic heterocycles. The molecule has 2 aromatic carbocycles. The van der Waals surface area contributed by atoms with Gasteiger partial charge in [-0.1, -0.05) is 30.3 Å². The number of rotatable bonds is 5. The molecule has 0 heterocycles. The smallest absolute Gasteiger partial charge is 0.328 e. The molecule has 0 aliphatic heterocycles. The maximum Gasteiger partial charge on any atom is 0.328 e. The Kier molecular flexibility index (Phi) is 4.93. The first-order valence-corrected chi connectivity index (χ1v) is 6.63.